The number of benzene rings is 2. The van der Waals surface area contributed by atoms with Gasteiger partial charge in [0.2, 0.25) is 0 Å². The van der Waals surface area contributed by atoms with Gasteiger partial charge in [-0.1, -0.05) is 12.1 Å². The molecule has 0 spiro atoms. The van der Waals surface area contributed by atoms with E-state index >= 15 is 0 Å². The van der Waals surface area contributed by atoms with E-state index in [9.17, 15) is 18.0 Å². The lowest BCUT2D eigenvalue weighted by Crippen LogP contribution is -2.54. The first-order valence-corrected chi connectivity index (χ1v) is 9.90. The second-order valence-electron chi connectivity index (χ2n) is 7.72. The van der Waals surface area contributed by atoms with Crippen LogP contribution in [0.15, 0.2) is 48.8 Å². The number of halogens is 3. The van der Waals surface area contributed by atoms with Crippen molar-refractivity contribution in [3.05, 3.63) is 77.5 Å². The summed E-state index contributed by atoms with van der Waals surface area (Å²) in [7, 11) is 0. The number of anilines is 1. The SMILES string of the molecule is Nc1ncnc([C@H](NC(=O)c2ccc(F)cc2F)C2(N)CCNC2)c1-c1ccc(F)cc1. The fourth-order valence-electron chi connectivity index (χ4n) is 3.89. The van der Waals surface area contributed by atoms with E-state index in [4.69, 9.17) is 11.5 Å². The van der Waals surface area contributed by atoms with Gasteiger partial charge in [0.05, 0.1) is 22.8 Å². The monoisotopic (exact) mass is 442 g/mol. The molecule has 7 nitrogen and oxygen atoms in total. The molecule has 32 heavy (non-hydrogen) atoms. The normalized spacial score (nSPS) is 19.0. The first-order valence-electron chi connectivity index (χ1n) is 9.90. The summed E-state index contributed by atoms with van der Waals surface area (Å²) in [5.74, 6) is -2.90. The Morgan fingerprint density at radius 1 is 1.09 bits per heavy atom. The van der Waals surface area contributed by atoms with E-state index in [0.717, 1.165) is 12.1 Å². The lowest BCUT2D eigenvalue weighted by molar-refractivity contribution is 0.0910. The van der Waals surface area contributed by atoms with Gasteiger partial charge in [0.15, 0.2) is 0 Å². The van der Waals surface area contributed by atoms with Crippen molar-refractivity contribution in [2.24, 2.45) is 5.73 Å². The highest BCUT2D eigenvalue weighted by Gasteiger charge is 2.42. The lowest BCUT2D eigenvalue weighted by Gasteiger charge is -2.34. The van der Waals surface area contributed by atoms with Crippen molar-refractivity contribution < 1.29 is 18.0 Å². The molecule has 1 aliphatic heterocycles. The number of nitrogens with zero attached hydrogens (tertiary/aromatic N) is 2. The third-order valence-electron chi connectivity index (χ3n) is 5.56. The maximum Gasteiger partial charge on any atom is 0.254 e. The summed E-state index contributed by atoms with van der Waals surface area (Å²) >= 11 is 0. The molecule has 3 aromatic rings. The topological polar surface area (TPSA) is 119 Å². The third-order valence-corrected chi connectivity index (χ3v) is 5.56. The molecule has 2 atom stereocenters. The maximum atomic E-state index is 14.2. The van der Waals surface area contributed by atoms with Crippen LogP contribution < -0.4 is 22.1 Å². The summed E-state index contributed by atoms with van der Waals surface area (Å²) in [5, 5.41) is 5.91. The summed E-state index contributed by atoms with van der Waals surface area (Å²) in [5.41, 5.74) is 12.7. The van der Waals surface area contributed by atoms with Gasteiger partial charge in [0.25, 0.3) is 5.91 Å². The zero-order valence-electron chi connectivity index (χ0n) is 16.9. The highest BCUT2D eigenvalue weighted by atomic mass is 19.1. The molecule has 1 amide bonds. The second kappa shape index (κ2) is 8.56. The van der Waals surface area contributed by atoms with Crippen LogP contribution >= 0.6 is 0 Å². The molecule has 1 aliphatic rings. The predicted molar refractivity (Wildman–Crippen MR) is 113 cm³/mol. The Balaban J connectivity index is 1.81. The number of rotatable bonds is 5. The van der Waals surface area contributed by atoms with Crippen molar-refractivity contribution in [1.82, 2.24) is 20.6 Å². The number of nitrogen functional groups attached to an aromatic ring is 1. The Morgan fingerprint density at radius 3 is 2.47 bits per heavy atom. The zero-order valence-corrected chi connectivity index (χ0v) is 16.9. The molecule has 1 aromatic heterocycles. The van der Waals surface area contributed by atoms with Gasteiger partial charge < -0.3 is 22.1 Å². The number of carbonyl (C=O) groups is 1. The number of hydrogen-bond donors (Lipinski definition) is 4. The van der Waals surface area contributed by atoms with E-state index < -0.39 is 34.9 Å². The van der Waals surface area contributed by atoms with E-state index in [-0.39, 0.29) is 11.4 Å². The molecule has 166 valence electrons. The van der Waals surface area contributed by atoms with Gasteiger partial charge in [0, 0.05) is 18.2 Å². The van der Waals surface area contributed by atoms with E-state index in [1.807, 2.05) is 0 Å². The van der Waals surface area contributed by atoms with E-state index in [0.29, 0.717) is 42.4 Å². The molecule has 0 saturated carbocycles. The average molecular weight is 442 g/mol. The molecule has 10 heteroatoms. The standard InChI is InChI=1S/C22H21F3N6O/c23-13-3-1-12(2-4-13)17-18(29-11-30-20(17)26)19(22(27)7-8-28-10-22)31-21(32)15-6-5-14(24)9-16(15)25/h1-6,9,11,19,28H,7-8,10,27H2,(H,31,32)(H2,26,29,30)/t19-,22?/m0/s1. The van der Waals surface area contributed by atoms with E-state index in [1.54, 1.807) is 0 Å². The summed E-state index contributed by atoms with van der Waals surface area (Å²) in [6, 6.07) is 7.35. The molecule has 1 fully saturated rings. The highest BCUT2D eigenvalue weighted by molar-refractivity contribution is 5.95. The quantitative estimate of drug-likeness (QED) is 0.482. The summed E-state index contributed by atoms with van der Waals surface area (Å²) in [4.78, 5) is 21.3. The first-order chi connectivity index (χ1) is 15.3. The summed E-state index contributed by atoms with van der Waals surface area (Å²) < 4.78 is 41.0. The van der Waals surface area contributed by atoms with Gasteiger partial charge in [-0.3, -0.25) is 4.79 Å². The predicted octanol–water partition coefficient (Wildman–Crippen LogP) is 2.31. The number of aromatic nitrogens is 2. The van der Waals surface area contributed by atoms with E-state index in [2.05, 4.69) is 20.6 Å². The van der Waals surface area contributed by atoms with Crippen LogP contribution in [-0.2, 0) is 0 Å². The Kier molecular flexibility index (Phi) is 5.81. The van der Waals surface area contributed by atoms with Crippen LogP contribution in [0.4, 0.5) is 19.0 Å². The molecule has 0 bridgehead atoms. The number of amides is 1. The zero-order chi connectivity index (χ0) is 22.9. The van der Waals surface area contributed by atoms with Crippen molar-refractivity contribution in [1.29, 1.82) is 0 Å². The smallest absolute Gasteiger partial charge is 0.254 e. The second-order valence-corrected chi connectivity index (χ2v) is 7.72. The largest absolute Gasteiger partial charge is 0.383 e. The minimum absolute atomic E-state index is 0.114. The molecule has 4 rings (SSSR count). The average Bonchev–Trinajstić information content (AvgIpc) is 3.20. The first kappa shape index (κ1) is 21.7. The molecule has 2 aromatic carbocycles. The van der Waals surface area contributed by atoms with Gasteiger partial charge in [0.1, 0.15) is 29.6 Å². The highest BCUT2D eigenvalue weighted by Crippen LogP contribution is 2.37. The van der Waals surface area contributed by atoms with Crippen molar-refractivity contribution in [3.8, 4) is 11.1 Å². The Labute approximate surface area is 182 Å². The molecule has 1 unspecified atom stereocenters. The molecule has 2 heterocycles. The van der Waals surface area contributed by atoms with Crippen molar-refractivity contribution in [2.75, 3.05) is 18.8 Å². The van der Waals surface area contributed by atoms with Gasteiger partial charge in [-0.2, -0.15) is 0 Å². The minimum Gasteiger partial charge on any atom is -0.383 e. The van der Waals surface area contributed by atoms with Crippen molar-refractivity contribution in [3.63, 3.8) is 0 Å². The summed E-state index contributed by atoms with van der Waals surface area (Å²) in [6.45, 7) is 0.941. The fraction of sp³-hybridized carbons (Fsp3) is 0.227. The van der Waals surface area contributed by atoms with Crippen molar-refractivity contribution >= 4 is 11.7 Å². The van der Waals surface area contributed by atoms with Crippen LogP contribution in [0.2, 0.25) is 0 Å². The molecule has 1 saturated heterocycles. The van der Waals surface area contributed by atoms with Crippen LogP contribution in [0.25, 0.3) is 11.1 Å². The van der Waals surface area contributed by atoms with Crippen LogP contribution in [0, 0.1) is 17.5 Å². The lowest BCUT2D eigenvalue weighted by atomic mass is 9.84. The fourth-order valence-corrected chi connectivity index (χ4v) is 3.89. The number of carbonyl (C=O) groups excluding carboxylic acids is 1. The molecule has 0 aliphatic carbocycles. The number of hydrogen-bond acceptors (Lipinski definition) is 6. The van der Waals surface area contributed by atoms with Crippen molar-refractivity contribution in [2.45, 2.75) is 18.0 Å². The molecular formula is C22H21F3N6O. The minimum atomic E-state index is -1.00. The van der Waals surface area contributed by atoms with Gasteiger partial charge in [-0.15, -0.1) is 0 Å². The number of nitrogens with two attached hydrogens (primary N) is 2. The van der Waals surface area contributed by atoms with Crippen LogP contribution in [0.3, 0.4) is 0 Å². The van der Waals surface area contributed by atoms with E-state index in [1.165, 1.54) is 30.6 Å². The Morgan fingerprint density at radius 2 is 1.81 bits per heavy atom. The van der Waals surface area contributed by atoms with Crippen LogP contribution in [0.1, 0.15) is 28.5 Å². The molecular weight excluding hydrogens is 421 g/mol. The third kappa shape index (κ3) is 4.14. The molecule has 6 N–H and O–H groups in total. The maximum absolute atomic E-state index is 14.2. The summed E-state index contributed by atoms with van der Waals surface area (Å²) in [6.07, 6.45) is 1.72. The number of nitrogens with one attached hydrogen (secondary N) is 2. The molecule has 0 radical (unpaired) electrons. The van der Waals surface area contributed by atoms with Crippen LogP contribution in [-0.4, -0.2) is 34.5 Å². The Bertz CT molecular complexity index is 1150. The van der Waals surface area contributed by atoms with Gasteiger partial charge in [-0.25, -0.2) is 23.1 Å². The van der Waals surface area contributed by atoms with Gasteiger partial charge in [-0.05, 0) is 42.8 Å². The van der Waals surface area contributed by atoms with Crippen LogP contribution in [0.5, 0.6) is 0 Å². The van der Waals surface area contributed by atoms with Gasteiger partial charge >= 0.3 is 0 Å². The Hall–Kier alpha value is -3.50.